The van der Waals surface area contributed by atoms with Gasteiger partial charge in [0.05, 0.1) is 24.1 Å². The van der Waals surface area contributed by atoms with Gasteiger partial charge in [-0.3, -0.25) is 9.69 Å². The number of hydrogen-bond donors (Lipinski definition) is 0. The van der Waals surface area contributed by atoms with Crippen LogP contribution in [0.4, 0.5) is 5.69 Å². The van der Waals surface area contributed by atoms with Gasteiger partial charge in [-0.2, -0.15) is 0 Å². The van der Waals surface area contributed by atoms with Crippen LogP contribution in [0.2, 0.25) is 0 Å². The van der Waals surface area contributed by atoms with E-state index in [2.05, 4.69) is 34.7 Å². The molecule has 1 amide bonds. The minimum atomic E-state index is -3.12. The summed E-state index contributed by atoms with van der Waals surface area (Å²) in [5, 5.41) is 0. The highest BCUT2D eigenvalue weighted by Crippen LogP contribution is 2.32. The highest BCUT2D eigenvalue weighted by atomic mass is 79.9. The first-order chi connectivity index (χ1) is 11.3. The highest BCUT2D eigenvalue weighted by Gasteiger charge is 2.49. The lowest BCUT2D eigenvalue weighted by Crippen LogP contribution is -2.62. The lowest BCUT2D eigenvalue weighted by atomic mass is 10.0. The normalized spacial score (nSPS) is 26.8. The summed E-state index contributed by atoms with van der Waals surface area (Å²) in [7, 11) is -3.12. The average Bonchev–Trinajstić information content (AvgIpc) is 2.81. The molecule has 0 N–H and O–H groups in total. The lowest BCUT2D eigenvalue weighted by molar-refractivity contribution is -0.123. The van der Waals surface area contributed by atoms with Gasteiger partial charge in [-0.05, 0) is 43.1 Å². The molecule has 2 saturated heterocycles. The third kappa shape index (κ3) is 3.68. The molecule has 0 bridgehead atoms. The van der Waals surface area contributed by atoms with E-state index in [0.29, 0.717) is 12.5 Å². The molecule has 0 saturated carbocycles. The van der Waals surface area contributed by atoms with Crippen LogP contribution in [0.5, 0.6) is 0 Å². The number of amides is 1. The zero-order valence-electron chi connectivity index (χ0n) is 14.0. The Morgan fingerprint density at radius 2 is 1.79 bits per heavy atom. The first-order valence-corrected chi connectivity index (χ1v) is 10.9. The number of rotatable bonds is 4. The van der Waals surface area contributed by atoms with Crippen LogP contribution >= 0.6 is 15.9 Å². The molecule has 5 nitrogen and oxygen atoms in total. The van der Waals surface area contributed by atoms with E-state index in [1.165, 1.54) is 0 Å². The van der Waals surface area contributed by atoms with Gasteiger partial charge < -0.3 is 4.90 Å². The van der Waals surface area contributed by atoms with Crippen molar-refractivity contribution in [1.82, 2.24) is 4.90 Å². The minimum Gasteiger partial charge on any atom is -0.306 e. The Morgan fingerprint density at radius 3 is 2.42 bits per heavy atom. The van der Waals surface area contributed by atoms with Crippen LogP contribution in [0.25, 0.3) is 0 Å². The number of hydrogen-bond acceptors (Lipinski definition) is 4. The summed E-state index contributed by atoms with van der Waals surface area (Å²) in [5.41, 5.74) is 0.777. The minimum absolute atomic E-state index is 0.0144. The lowest BCUT2D eigenvalue weighted by Gasteiger charge is -2.43. The summed E-state index contributed by atoms with van der Waals surface area (Å²) in [4.78, 5) is 16.5. The Bertz CT molecular complexity index is 718. The number of carbonyl (C=O) groups excluding carboxylic acids is 1. The second-order valence-electron chi connectivity index (χ2n) is 7.10. The van der Waals surface area contributed by atoms with E-state index in [1.54, 1.807) is 4.90 Å². The molecule has 0 radical (unpaired) electrons. The van der Waals surface area contributed by atoms with Crippen molar-refractivity contribution >= 4 is 37.4 Å². The maximum absolute atomic E-state index is 12.8. The van der Waals surface area contributed by atoms with Crippen molar-refractivity contribution in [1.29, 1.82) is 0 Å². The predicted molar refractivity (Wildman–Crippen MR) is 98.9 cm³/mol. The van der Waals surface area contributed by atoms with E-state index < -0.39 is 9.84 Å². The number of sulfone groups is 1. The quantitative estimate of drug-likeness (QED) is 0.758. The van der Waals surface area contributed by atoms with Crippen molar-refractivity contribution in [2.75, 3.05) is 29.5 Å². The molecule has 0 spiro atoms. The molecule has 2 heterocycles. The van der Waals surface area contributed by atoms with Gasteiger partial charge >= 0.3 is 0 Å². The van der Waals surface area contributed by atoms with Gasteiger partial charge in [-0.25, -0.2) is 8.42 Å². The third-order valence-corrected chi connectivity index (χ3v) is 7.03. The average molecular weight is 415 g/mol. The number of anilines is 1. The highest BCUT2D eigenvalue weighted by molar-refractivity contribution is 9.10. The fourth-order valence-electron chi connectivity index (χ4n) is 3.56. The van der Waals surface area contributed by atoms with Crippen molar-refractivity contribution in [3.63, 3.8) is 0 Å². The fraction of sp³-hybridized carbons (Fsp3) is 0.588. The molecule has 2 aliphatic heterocycles. The fourth-order valence-corrected chi connectivity index (χ4v) is 5.81. The van der Waals surface area contributed by atoms with Gasteiger partial charge in [0.1, 0.15) is 0 Å². The van der Waals surface area contributed by atoms with Crippen LogP contribution in [0.3, 0.4) is 0 Å². The van der Waals surface area contributed by atoms with Gasteiger partial charge in [-0.15, -0.1) is 0 Å². The number of benzene rings is 1. The maximum atomic E-state index is 12.8. The number of halogens is 1. The Kier molecular flexibility index (Phi) is 5.04. The molecule has 0 unspecified atom stereocenters. The molecular weight excluding hydrogens is 392 g/mol. The molecule has 132 valence electrons. The van der Waals surface area contributed by atoms with Gasteiger partial charge in [0, 0.05) is 16.2 Å². The van der Waals surface area contributed by atoms with Crippen molar-refractivity contribution in [3.8, 4) is 0 Å². The Hall–Kier alpha value is -0.920. The topological polar surface area (TPSA) is 57.7 Å². The van der Waals surface area contributed by atoms with E-state index in [-0.39, 0.29) is 29.5 Å². The Labute approximate surface area is 152 Å². The van der Waals surface area contributed by atoms with Gasteiger partial charge in [-0.1, -0.05) is 29.8 Å². The summed E-state index contributed by atoms with van der Waals surface area (Å²) < 4.78 is 25.4. The van der Waals surface area contributed by atoms with Gasteiger partial charge in [0.15, 0.2) is 9.84 Å². The monoisotopic (exact) mass is 414 g/mol. The number of carbonyl (C=O) groups is 1. The smallest absolute Gasteiger partial charge is 0.241 e. The Morgan fingerprint density at radius 1 is 1.17 bits per heavy atom. The van der Waals surface area contributed by atoms with Crippen molar-refractivity contribution < 1.29 is 13.2 Å². The van der Waals surface area contributed by atoms with E-state index in [0.717, 1.165) is 23.1 Å². The zero-order valence-corrected chi connectivity index (χ0v) is 16.4. The first kappa shape index (κ1) is 17.9. The second kappa shape index (κ2) is 6.77. The van der Waals surface area contributed by atoms with Crippen molar-refractivity contribution in [2.24, 2.45) is 5.92 Å². The number of piperazine rings is 1. The van der Waals surface area contributed by atoms with Crippen LogP contribution in [0.1, 0.15) is 20.3 Å². The maximum Gasteiger partial charge on any atom is 0.241 e. The largest absolute Gasteiger partial charge is 0.306 e. The van der Waals surface area contributed by atoms with Crippen LogP contribution in [0, 0.1) is 5.92 Å². The summed E-state index contributed by atoms with van der Waals surface area (Å²) >= 11 is 3.40. The molecule has 2 aliphatic rings. The summed E-state index contributed by atoms with van der Waals surface area (Å²) in [6, 6.07) is 7.11. The van der Waals surface area contributed by atoms with E-state index in [1.807, 2.05) is 24.3 Å². The molecule has 0 aliphatic carbocycles. The molecule has 0 aromatic heterocycles. The second-order valence-corrected chi connectivity index (χ2v) is 10.2. The van der Waals surface area contributed by atoms with Crippen LogP contribution in [-0.4, -0.2) is 55.9 Å². The first-order valence-electron chi connectivity index (χ1n) is 8.29. The summed E-state index contributed by atoms with van der Waals surface area (Å²) in [6.45, 7) is 5.35. The molecule has 2 atom stereocenters. The Balaban J connectivity index is 1.90. The van der Waals surface area contributed by atoms with Crippen molar-refractivity contribution in [3.05, 3.63) is 28.7 Å². The van der Waals surface area contributed by atoms with Gasteiger partial charge in [0.2, 0.25) is 5.91 Å². The summed E-state index contributed by atoms with van der Waals surface area (Å²) in [5.74, 6) is 0.716. The van der Waals surface area contributed by atoms with E-state index >= 15 is 0 Å². The standard InChI is InChI=1S/C17H23BrN2O3S/c1-12(2)7-8-19-9-17(21)20(14-5-3-13(18)4-6-14)16-11-24(22,23)10-15(16)19/h3-6,12,15-16H,7-11H2,1-2H3/t15-,16+/m0/s1. The van der Waals surface area contributed by atoms with Gasteiger partial charge in [0.25, 0.3) is 0 Å². The van der Waals surface area contributed by atoms with Crippen molar-refractivity contribution in [2.45, 2.75) is 32.4 Å². The van der Waals surface area contributed by atoms with E-state index in [4.69, 9.17) is 0 Å². The molecular formula is C17H23BrN2O3S. The third-order valence-electron chi connectivity index (χ3n) is 4.80. The zero-order chi connectivity index (χ0) is 17.5. The molecule has 3 rings (SSSR count). The molecule has 1 aromatic rings. The van der Waals surface area contributed by atoms with E-state index in [9.17, 15) is 13.2 Å². The molecule has 2 fully saturated rings. The molecule has 7 heteroatoms. The number of nitrogens with zero attached hydrogens (tertiary/aromatic N) is 2. The van der Waals surface area contributed by atoms with Crippen LogP contribution in [-0.2, 0) is 14.6 Å². The molecule has 1 aromatic carbocycles. The van der Waals surface area contributed by atoms with Crippen LogP contribution in [0.15, 0.2) is 28.7 Å². The molecule has 24 heavy (non-hydrogen) atoms. The SMILES string of the molecule is CC(C)CCN1CC(=O)N(c2ccc(Br)cc2)[C@@H]2CS(=O)(=O)C[C@@H]21. The summed E-state index contributed by atoms with van der Waals surface area (Å²) in [6.07, 6.45) is 0.967. The number of fused-ring (bicyclic) bond motifs is 1. The van der Waals surface area contributed by atoms with Crippen LogP contribution < -0.4 is 4.90 Å². The predicted octanol–water partition coefficient (Wildman–Crippen LogP) is 2.31.